The third-order valence-electron chi connectivity index (χ3n) is 5.44. The van der Waals surface area contributed by atoms with Crippen molar-refractivity contribution in [1.82, 2.24) is 40.3 Å². The van der Waals surface area contributed by atoms with E-state index in [-0.39, 0.29) is 16.5 Å². The molecule has 216 valence electrons. The molecular formula is C26H25Cl3N12O. The third kappa shape index (κ3) is 8.00. The van der Waals surface area contributed by atoms with Crippen molar-refractivity contribution in [2.45, 2.75) is 0 Å². The largest absolute Gasteiger partial charge is 0.363 e. The Bertz CT molecular complexity index is 1710. The Labute approximate surface area is 256 Å². The van der Waals surface area contributed by atoms with Crippen LogP contribution in [0.5, 0.6) is 0 Å². The van der Waals surface area contributed by atoms with Crippen LogP contribution in [0.3, 0.4) is 0 Å². The molecule has 6 rings (SSSR count). The minimum Gasteiger partial charge on any atom is -0.363 e. The van der Waals surface area contributed by atoms with Crippen molar-refractivity contribution in [3.8, 4) is 0 Å². The van der Waals surface area contributed by atoms with Gasteiger partial charge in [0.25, 0.3) is 5.91 Å². The van der Waals surface area contributed by atoms with Gasteiger partial charge in [0.2, 0.25) is 16.5 Å². The van der Waals surface area contributed by atoms with E-state index in [0.29, 0.717) is 16.7 Å². The number of carbonyl (C=O) groups excluding carboxylic acids is 1. The molecule has 0 unspecified atom stereocenters. The van der Waals surface area contributed by atoms with Gasteiger partial charge in [-0.05, 0) is 53.5 Å². The van der Waals surface area contributed by atoms with Crippen LogP contribution in [0.4, 0.5) is 23.3 Å². The van der Waals surface area contributed by atoms with E-state index in [0.717, 1.165) is 33.8 Å². The number of rotatable bonds is 4. The molecular weight excluding hydrogens is 603 g/mol. The number of carbonyl (C=O) groups is 1. The molecule has 4 aromatic heterocycles. The molecule has 0 saturated carbocycles. The predicted octanol–water partition coefficient (Wildman–Crippen LogP) is 4.82. The Morgan fingerprint density at radius 2 is 1.45 bits per heavy atom. The fourth-order valence-electron chi connectivity index (χ4n) is 3.55. The first-order chi connectivity index (χ1) is 20.1. The zero-order chi connectivity index (χ0) is 30.2. The lowest BCUT2D eigenvalue weighted by molar-refractivity contribution is 0.0957. The van der Waals surface area contributed by atoms with Gasteiger partial charge < -0.3 is 20.1 Å². The highest BCUT2D eigenvalue weighted by molar-refractivity contribution is 6.31. The SMILES string of the molecule is CN(C)c1ccnc(Cl)n1.CN(C)c1ccnc(Nc2cc3c4c(c[nH]c4c2)C=NNC3=O)n1.Clc1ccnc(Cl)n1. The van der Waals surface area contributed by atoms with Crippen LogP contribution >= 0.6 is 34.8 Å². The number of amides is 1. The van der Waals surface area contributed by atoms with E-state index in [1.807, 2.05) is 56.3 Å². The van der Waals surface area contributed by atoms with Crippen LogP contribution in [0.2, 0.25) is 15.7 Å². The predicted molar refractivity (Wildman–Crippen MR) is 166 cm³/mol. The quantitative estimate of drug-likeness (QED) is 0.187. The first-order valence-electron chi connectivity index (χ1n) is 12.2. The lowest BCUT2D eigenvalue weighted by Crippen LogP contribution is -2.16. The van der Waals surface area contributed by atoms with Crippen molar-refractivity contribution in [2.75, 3.05) is 43.3 Å². The second-order valence-corrected chi connectivity index (χ2v) is 9.94. The number of aromatic nitrogens is 7. The Balaban J connectivity index is 0.000000184. The second-order valence-electron chi connectivity index (χ2n) is 8.87. The van der Waals surface area contributed by atoms with Crippen molar-refractivity contribution in [2.24, 2.45) is 5.10 Å². The molecule has 1 aliphatic rings. The number of anilines is 4. The average molecular weight is 628 g/mol. The number of aromatic amines is 1. The van der Waals surface area contributed by atoms with Crippen molar-refractivity contribution in [3.05, 3.63) is 82.0 Å². The van der Waals surface area contributed by atoms with Crippen LogP contribution in [0.15, 0.2) is 60.2 Å². The monoisotopic (exact) mass is 626 g/mol. The van der Waals surface area contributed by atoms with Crippen LogP contribution in [0, 0.1) is 0 Å². The highest BCUT2D eigenvalue weighted by Gasteiger charge is 2.18. The molecule has 0 aliphatic carbocycles. The van der Waals surface area contributed by atoms with E-state index >= 15 is 0 Å². The van der Waals surface area contributed by atoms with Crippen LogP contribution in [-0.2, 0) is 0 Å². The van der Waals surface area contributed by atoms with Gasteiger partial charge in [-0.1, -0.05) is 11.6 Å². The molecule has 3 N–H and O–H groups in total. The normalized spacial score (nSPS) is 11.4. The lowest BCUT2D eigenvalue weighted by atomic mass is 10.1. The first-order valence-corrected chi connectivity index (χ1v) is 13.3. The van der Waals surface area contributed by atoms with E-state index in [2.05, 4.69) is 50.7 Å². The average Bonchev–Trinajstić information content (AvgIpc) is 3.28. The van der Waals surface area contributed by atoms with Crippen molar-refractivity contribution >= 4 is 81.1 Å². The summed E-state index contributed by atoms with van der Waals surface area (Å²) >= 11 is 16.3. The van der Waals surface area contributed by atoms with Crippen LogP contribution in [0.25, 0.3) is 10.9 Å². The van der Waals surface area contributed by atoms with E-state index in [1.165, 1.54) is 6.20 Å². The maximum atomic E-state index is 12.2. The van der Waals surface area contributed by atoms with Gasteiger partial charge in [0.1, 0.15) is 16.8 Å². The summed E-state index contributed by atoms with van der Waals surface area (Å²) in [5.41, 5.74) is 5.49. The highest BCUT2D eigenvalue weighted by atomic mass is 35.5. The highest BCUT2D eigenvalue weighted by Crippen LogP contribution is 2.28. The summed E-state index contributed by atoms with van der Waals surface area (Å²) in [6, 6.07) is 8.87. The Hall–Kier alpha value is -4.59. The molecule has 13 nitrogen and oxygen atoms in total. The summed E-state index contributed by atoms with van der Waals surface area (Å²) in [6.45, 7) is 0. The molecule has 42 heavy (non-hydrogen) atoms. The van der Waals surface area contributed by atoms with Gasteiger partial charge in [-0.25, -0.2) is 30.3 Å². The number of nitrogens with zero attached hydrogens (tertiary/aromatic N) is 9. The van der Waals surface area contributed by atoms with Gasteiger partial charge >= 0.3 is 0 Å². The minimum atomic E-state index is -0.249. The molecule has 0 spiro atoms. The maximum absolute atomic E-state index is 12.2. The fraction of sp³-hybridized carbons (Fsp3) is 0.154. The molecule has 1 aliphatic heterocycles. The summed E-state index contributed by atoms with van der Waals surface area (Å²) in [5.74, 6) is 1.83. The third-order valence-corrected chi connectivity index (χ3v) is 6.02. The number of hydrogen-bond acceptors (Lipinski definition) is 11. The van der Waals surface area contributed by atoms with Gasteiger partial charge in [0.05, 0.1) is 11.8 Å². The van der Waals surface area contributed by atoms with Crippen molar-refractivity contribution in [1.29, 1.82) is 0 Å². The maximum Gasteiger partial charge on any atom is 0.272 e. The van der Waals surface area contributed by atoms with E-state index in [4.69, 9.17) is 34.8 Å². The number of hydrazone groups is 1. The molecule has 5 aromatic rings. The van der Waals surface area contributed by atoms with E-state index in [1.54, 1.807) is 36.8 Å². The molecule has 16 heteroatoms. The first kappa shape index (κ1) is 30.4. The zero-order valence-electron chi connectivity index (χ0n) is 22.8. The summed E-state index contributed by atoms with van der Waals surface area (Å²) in [6.07, 6.45) is 8.27. The van der Waals surface area contributed by atoms with Crippen molar-refractivity contribution < 1.29 is 4.79 Å². The molecule has 0 bridgehead atoms. The van der Waals surface area contributed by atoms with Crippen LogP contribution < -0.4 is 20.5 Å². The van der Waals surface area contributed by atoms with E-state index < -0.39 is 0 Å². The molecule has 1 aromatic carbocycles. The summed E-state index contributed by atoms with van der Waals surface area (Å²) in [4.78, 5) is 42.7. The molecule has 5 heterocycles. The summed E-state index contributed by atoms with van der Waals surface area (Å²) in [7, 11) is 7.63. The molecule has 0 saturated heterocycles. The summed E-state index contributed by atoms with van der Waals surface area (Å²) < 4.78 is 0. The molecule has 0 atom stereocenters. The molecule has 0 fully saturated rings. The molecule has 1 amide bonds. The number of nitrogens with one attached hydrogen (secondary N) is 3. The van der Waals surface area contributed by atoms with Gasteiger partial charge in [-0.15, -0.1) is 0 Å². The van der Waals surface area contributed by atoms with Crippen LogP contribution in [-0.4, -0.2) is 75.2 Å². The van der Waals surface area contributed by atoms with Gasteiger partial charge in [0, 0.05) is 75.1 Å². The fourth-order valence-corrected chi connectivity index (χ4v) is 4.02. The number of halogens is 3. The van der Waals surface area contributed by atoms with Crippen LogP contribution in [0.1, 0.15) is 15.9 Å². The Morgan fingerprint density at radius 3 is 2.05 bits per heavy atom. The number of H-pyrrole nitrogens is 1. The summed E-state index contributed by atoms with van der Waals surface area (Å²) in [5, 5.41) is 8.74. The Morgan fingerprint density at radius 1 is 0.810 bits per heavy atom. The second kappa shape index (κ2) is 13.9. The van der Waals surface area contributed by atoms with Gasteiger partial charge in [0.15, 0.2) is 0 Å². The van der Waals surface area contributed by atoms with Crippen molar-refractivity contribution in [3.63, 3.8) is 0 Å². The molecule has 0 radical (unpaired) electrons. The minimum absolute atomic E-state index is 0.178. The standard InChI is InChI=1S/C16H15N7O.C6H8ClN3.C4H2Cl2N2/c1-23(2)13-3-4-17-16(21-13)20-10-5-11-14-9(7-18-12(14)6-10)8-19-22-15(11)24;1-10(2)5-3-4-8-6(7)9-5;5-3-1-2-7-4(6)8-3/h3-8,18H,1-2H3,(H,22,24)(H,17,20,21);3-4H,1-2H3;1-2H. The number of hydrogen-bond donors (Lipinski definition) is 3. The van der Waals surface area contributed by atoms with E-state index in [9.17, 15) is 4.79 Å². The smallest absolute Gasteiger partial charge is 0.272 e. The topological polar surface area (TPSA) is 153 Å². The zero-order valence-corrected chi connectivity index (χ0v) is 25.1. The lowest BCUT2D eigenvalue weighted by Gasteiger charge is -2.13. The van der Waals surface area contributed by atoms with Gasteiger partial charge in [-0.2, -0.15) is 10.1 Å². The Kier molecular flexibility index (Phi) is 10.0. The number of benzene rings is 1. The van der Waals surface area contributed by atoms with Gasteiger partial charge in [-0.3, -0.25) is 4.79 Å².